The van der Waals surface area contributed by atoms with Gasteiger partial charge >= 0.3 is 16.3 Å². The van der Waals surface area contributed by atoms with Crippen LogP contribution in [0.4, 0.5) is 4.79 Å². The van der Waals surface area contributed by atoms with Gasteiger partial charge in [0.05, 0.1) is 18.3 Å². The monoisotopic (exact) mass is 371 g/mol. The van der Waals surface area contributed by atoms with Gasteiger partial charge in [-0.05, 0) is 25.8 Å². The van der Waals surface area contributed by atoms with Crippen molar-refractivity contribution in [2.24, 2.45) is 0 Å². The highest BCUT2D eigenvalue weighted by Gasteiger charge is 2.59. The Kier molecular flexibility index (Phi) is 4.03. The zero-order valence-corrected chi connectivity index (χ0v) is 14.3. The summed E-state index contributed by atoms with van der Waals surface area (Å²) in [5.74, 6) is -0.839. The van der Waals surface area contributed by atoms with Crippen molar-refractivity contribution >= 4 is 22.2 Å². The van der Waals surface area contributed by atoms with Crippen LogP contribution in [0.3, 0.4) is 0 Å². The zero-order chi connectivity index (χ0) is 18.5. The van der Waals surface area contributed by atoms with Crippen LogP contribution in [0.15, 0.2) is 4.79 Å². The van der Waals surface area contributed by atoms with E-state index in [-0.39, 0.29) is 19.5 Å². The van der Waals surface area contributed by atoms with Gasteiger partial charge in [0, 0.05) is 12.1 Å². The van der Waals surface area contributed by atoms with Gasteiger partial charge in [0.2, 0.25) is 0 Å². The van der Waals surface area contributed by atoms with E-state index in [0.29, 0.717) is 21.1 Å². The lowest BCUT2D eigenvalue weighted by Crippen LogP contribution is -2.68. The molecule has 0 aromatic carbocycles. The highest BCUT2D eigenvalue weighted by Crippen LogP contribution is 2.35. The lowest BCUT2D eigenvalue weighted by molar-refractivity contribution is -0.143. The van der Waals surface area contributed by atoms with Crippen molar-refractivity contribution in [3.8, 4) is 0 Å². The number of likely N-dealkylation sites (tertiary alicyclic amines) is 1. The number of H-pyrrole nitrogens is 1. The van der Waals surface area contributed by atoms with Crippen molar-refractivity contribution in [1.82, 2.24) is 24.7 Å². The van der Waals surface area contributed by atoms with Crippen molar-refractivity contribution < 1.29 is 22.6 Å². The first-order valence-electron chi connectivity index (χ1n) is 7.53. The van der Waals surface area contributed by atoms with Crippen molar-refractivity contribution in [2.45, 2.75) is 38.9 Å². The van der Waals surface area contributed by atoms with E-state index in [9.17, 15) is 22.8 Å². The van der Waals surface area contributed by atoms with E-state index in [0.717, 1.165) is 0 Å². The van der Waals surface area contributed by atoms with Crippen molar-refractivity contribution in [3.63, 3.8) is 0 Å². The maximum atomic E-state index is 12.3. The summed E-state index contributed by atoms with van der Waals surface area (Å²) in [5, 5.41) is 8.72. The molecule has 0 saturated carbocycles. The van der Waals surface area contributed by atoms with Crippen LogP contribution >= 0.6 is 0 Å². The second-order valence-corrected chi connectivity index (χ2v) is 7.30. The lowest BCUT2D eigenvalue weighted by Gasteiger charge is -2.42. The van der Waals surface area contributed by atoms with E-state index in [1.807, 2.05) is 0 Å². The first-order chi connectivity index (χ1) is 11.6. The Labute approximate surface area is 142 Å². The maximum Gasteiger partial charge on any atom is 0.362 e. The molecular weight excluding hydrogens is 354 g/mol. The molecule has 136 valence electrons. The molecule has 3 amide bonds. The summed E-state index contributed by atoms with van der Waals surface area (Å²) in [6.45, 7) is 3.56. The molecule has 1 aromatic heterocycles. The van der Waals surface area contributed by atoms with Gasteiger partial charge in [0.1, 0.15) is 6.04 Å². The zero-order valence-electron chi connectivity index (χ0n) is 13.5. The molecule has 2 fully saturated rings. The van der Waals surface area contributed by atoms with E-state index >= 15 is 0 Å². The fourth-order valence-electron chi connectivity index (χ4n) is 3.20. The molecule has 2 saturated heterocycles. The number of hydrogen-bond acceptors (Lipinski definition) is 6. The lowest BCUT2D eigenvalue weighted by atomic mass is 10.0. The molecular formula is C13H17N5O6S. The van der Waals surface area contributed by atoms with Gasteiger partial charge in [-0.25, -0.2) is 14.2 Å². The SMILES string of the molecule is Cc1n[nH]c(=O)c(CNC(=O)N2CC[C@@H]3[C@H]2C(=O)N3S(=O)(=O)O)c1C. The van der Waals surface area contributed by atoms with E-state index in [1.54, 1.807) is 13.8 Å². The quantitative estimate of drug-likeness (QED) is 0.440. The van der Waals surface area contributed by atoms with Gasteiger partial charge in [0.15, 0.2) is 0 Å². The number of urea groups is 1. The standard InChI is InChI=1S/C13H17N5O6S/c1-6-7(2)15-16-11(19)8(6)5-14-13(21)17-4-3-9-10(17)12(20)18(9)25(22,23)24/h9-10H,3-5H2,1-2H3,(H,14,21)(H,16,19)(H,22,23,24)/t9-,10+/m1/s1. The van der Waals surface area contributed by atoms with Gasteiger partial charge in [0.25, 0.3) is 11.5 Å². The predicted octanol–water partition coefficient (Wildman–Crippen LogP) is -1.32. The largest absolute Gasteiger partial charge is 0.362 e. The third-order valence-corrected chi connectivity index (χ3v) is 5.61. The molecule has 3 rings (SSSR count). The van der Waals surface area contributed by atoms with Gasteiger partial charge in [-0.3, -0.25) is 14.1 Å². The van der Waals surface area contributed by atoms with Gasteiger partial charge < -0.3 is 10.2 Å². The number of rotatable bonds is 3. The van der Waals surface area contributed by atoms with Gasteiger partial charge in [-0.1, -0.05) is 0 Å². The highest BCUT2D eigenvalue weighted by atomic mass is 32.2. The Morgan fingerprint density at radius 3 is 2.72 bits per heavy atom. The molecule has 25 heavy (non-hydrogen) atoms. The minimum Gasteiger partial charge on any atom is -0.334 e. The fourth-order valence-corrected chi connectivity index (χ4v) is 4.10. The highest BCUT2D eigenvalue weighted by molar-refractivity contribution is 7.84. The molecule has 1 aromatic rings. The van der Waals surface area contributed by atoms with Gasteiger partial charge in [-0.2, -0.15) is 13.5 Å². The second-order valence-electron chi connectivity index (χ2n) is 6.01. The summed E-state index contributed by atoms with van der Waals surface area (Å²) in [6.07, 6.45) is 0.248. The molecule has 11 nitrogen and oxygen atoms in total. The number of amides is 3. The fraction of sp³-hybridized carbons (Fsp3) is 0.538. The minimum absolute atomic E-state index is 0.0482. The van der Waals surface area contributed by atoms with Crippen LogP contribution in [0.25, 0.3) is 0 Å². The Hall–Kier alpha value is -2.47. The van der Waals surface area contributed by atoms with E-state index < -0.39 is 39.9 Å². The topological polar surface area (TPSA) is 153 Å². The maximum absolute atomic E-state index is 12.3. The normalized spacial score (nSPS) is 22.6. The summed E-state index contributed by atoms with van der Waals surface area (Å²) in [5.41, 5.74) is 1.22. The molecule has 0 spiro atoms. The Morgan fingerprint density at radius 1 is 1.40 bits per heavy atom. The third kappa shape index (κ3) is 2.76. The van der Waals surface area contributed by atoms with Gasteiger partial charge in [-0.15, -0.1) is 0 Å². The minimum atomic E-state index is -4.62. The molecule has 2 aliphatic heterocycles. The molecule has 2 atom stereocenters. The first-order valence-corrected chi connectivity index (χ1v) is 8.92. The number of nitrogens with one attached hydrogen (secondary N) is 2. The summed E-state index contributed by atoms with van der Waals surface area (Å²) in [4.78, 5) is 37.3. The average Bonchev–Trinajstić information content (AvgIpc) is 2.88. The van der Waals surface area contributed by atoms with Crippen LogP contribution in [-0.2, 0) is 21.6 Å². The van der Waals surface area contributed by atoms with Crippen LogP contribution < -0.4 is 10.9 Å². The summed E-state index contributed by atoms with van der Waals surface area (Å²) in [7, 11) is -4.62. The second kappa shape index (κ2) is 5.81. The van der Waals surface area contributed by atoms with E-state index in [1.165, 1.54) is 4.90 Å². The number of fused-ring (bicyclic) bond motifs is 1. The molecule has 3 heterocycles. The van der Waals surface area contributed by atoms with Crippen molar-refractivity contribution in [2.75, 3.05) is 6.54 Å². The number of hydrogen-bond donors (Lipinski definition) is 3. The molecule has 2 aliphatic rings. The number of β-lactam (4-membered cyclic amide) rings is 1. The Bertz CT molecular complexity index is 910. The van der Waals surface area contributed by atoms with Crippen LogP contribution in [0.1, 0.15) is 23.2 Å². The summed E-state index contributed by atoms with van der Waals surface area (Å²) < 4.78 is 31.7. The molecule has 12 heteroatoms. The summed E-state index contributed by atoms with van der Waals surface area (Å²) >= 11 is 0. The number of carbonyl (C=O) groups excluding carboxylic acids is 2. The molecule has 0 unspecified atom stereocenters. The summed E-state index contributed by atoms with van der Waals surface area (Å²) in [6, 6.07) is -2.24. The number of nitrogens with zero attached hydrogens (tertiary/aromatic N) is 3. The predicted molar refractivity (Wildman–Crippen MR) is 83.9 cm³/mol. The van der Waals surface area contributed by atoms with E-state index in [2.05, 4.69) is 15.5 Å². The van der Waals surface area contributed by atoms with Crippen molar-refractivity contribution in [1.29, 1.82) is 0 Å². The molecule has 0 bridgehead atoms. The van der Waals surface area contributed by atoms with Crippen LogP contribution in [-0.4, -0.2) is 62.9 Å². The number of aryl methyl sites for hydroxylation is 1. The third-order valence-electron chi connectivity index (χ3n) is 4.66. The number of aromatic nitrogens is 2. The molecule has 0 aliphatic carbocycles. The molecule has 3 N–H and O–H groups in total. The number of aromatic amines is 1. The Balaban J connectivity index is 1.69. The first kappa shape index (κ1) is 17.4. The van der Waals surface area contributed by atoms with E-state index in [4.69, 9.17) is 4.55 Å². The Morgan fingerprint density at radius 2 is 2.08 bits per heavy atom. The average molecular weight is 371 g/mol. The van der Waals surface area contributed by atoms with Crippen LogP contribution in [0, 0.1) is 13.8 Å². The molecule has 0 radical (unpaired) electrons. The smallest absolute Gasteiger partial charge is 0.334 e. The van der Waals surface area contributed by atoms with Crippen molar-refractivity contribution in [3.05, 3.63) is 27.2 Å². The van der Waals surface area contributed by atoms with Crippen LogP contribution in [0.2, 0.25) is 0 Å². The van der Waals surface area contributed by atoms with Crippen LogP contribution in [0.5, 0.6) is 0 Å². The number of carbonyl (C=O) groups is 2.